The first-order valence-electron chi connectivity index (χ1n) is 11.1. The lowest BCUT2D eigenvalue weighted by atomic mass is 9.97. The average molecular weight is 436 g/mol. The van der Waals surface area contributed by atoms with Crippen molar-refractivity contribution >= 4 is 34.9 Å². The maximum Gasteiger partial charge on any atom is 0.321 e. The standard InChI is InChI=1S/C24H29N5O3/c25-22(30)17-10-11-21(28-12-4-5-13-28)20(15-17)27-23(31)18-7-6-14-29(16-18)24(32)26-19-8-2-1-3-9-19/h1-3,8-11,15,18H,4-7,12-14,16H2,(H2,25,30)(H,26,32)(H,27,31). The van der Waals surface area contributed by atoms with Gasteiger partial charge in [-0.05, 0) is 56.0 Å². The normalized spacial score (nSPS) is 18.3. The number of anilines is 3. The summed E-state index contributed by atoms with van der Waals surface area (Å²) < 4.78 is 0. The van der Waals surface area contributed by atoms with E-state index in [4.69, 9.17) is 5.73 Å². The quantitative estimate of drug-likeness (QED) is 0.670. The number of amides is 4. The van der Waals surface area contributed by atoms with Crippen molar-refractivity contribution in [2.45, 2.75) is 25.7 Å². The third-order valence-corrected chi connectivity index (χ3v) is 6.09. The number of nitrogens with one attached hydrogen (secondary N) is 2. The number of likely N-dealkylation sites (tertiary alicyclic amines) is 1. The van der Waals surface area contributed by atoms with E-state index in [-0.39, 0.29) is 17.9 Å². The number of nitrogens with zero attached hydrogens (tertiary/aromatic N) is 2. The summed E-state index contributed by atoms with van der Waals surface area (Å²) >= 11 is 0. The zero-order valence-electron chi connectivity index (χ0n) is 18.0. The SMILES string of the molecule is NC(=O)c1ccc(N2CCCC2)c(NC(=O)C2CCCN(C(=O)Nc3ccccc3)C2)c1. The summed E-state index contributed by atoms with van der Waals surface area (Å²) in [6.45, 7) is 2.78. The van der Waals surface area contributed by atoms with Crippen molar-refractivity contribution in [3.8, 4) is 0 Å². The number of benzene rings is 2. The molecule has 2 aliphatic heterocycles. The summed E-state index contributed by atoms with van der Waals surface area (Å²) in [7, 11) is 0. The van der Waals surface area contributed by atoms with Gasteiger partial charge in [0.15, 0.2) is 0 Å². The predicted molar refractivity (Wildman–Crippen MR) is 125 cm³/mol. The Morgan fingerprint density at radius 3 is 2.38 bits per heavy atom. The van der Waals surface area contributed by atoms with Crippen molar-refractivity contribution in [2.75, 3.05) is 41.7 Å². The van der Waals surface area contributed by atoms with E-state index in [0.717, 1.165) is 43.7 Å². The van der Waals surface area contributed by atoms with Crippen molar-refractivity contribution in [1.29, 1.82) is 0 Å². The molecule has 8 nitrogen and oxygen atoms in total. The summed E-state index contributed by atoms with van der Waals surface area (Å²) in [6.07, 6.45) is 3.65. The molecular weight excluding hydrogens is 406 g/mol. The molecule has 0 aliphatic carbocycles. The fourth-order valence-electron chi connectivity index (χ4n) is 4.36. The van der Waals surface area contributed by atoms with Crippen LogP contribution in [-0.4, -0.2) is 48.9 Å². The number of primary amides is 1. The van der Waals surface area contributed by atoms with Crippen molar-refractivity contribution in [2.24, 2.45) is 11.7 Å². The predicted octanol–water partition coefficient (Wildman–Crippen LogP) is 3.27. The summed E-state index contributed by atoms with van der Waals surface area (Å²) in [5, 5.41) is 5.90. The highest BCUT2D eigenvalue weighted by molar-refractivity contribution is 6.00. The number of urea groups is 1. The van der Waals surface area contributed by atoms with Crippen LogP contribution in [0.3, 0.4) is 0 Å². The molecule has 0 aromatic heterocycles. The first-order valence-corrected chi connectivity index (χ1v) is 11.1. The van der Waals surface area contributed by atoms with Gasteiger partial charge < -0.3 is 26.2 Å². The molecule has 4 amide bonds. The summed E-state index contributed by atoms with van der Waals surface area (Å²) in [4.78, 5) is 41.4. The van der Waals surface area contributed by atoms with Crippen molar-refractivity contribution in [1.82, 2.24) is 4.90 Å². The minimum atomic E-state index is -0.533. The largest absolute Gasteiger partial charge is 0.370 e. The molecule has 2 aromatic carbocycles. The number of carbonyl (C=O) groups excluding carboxylic acids is 3. The van der Waals surface area contributed by atoms with Crippen LogP contribution in [0.25, 0.3) is 0 Å². The molecule has 4 N–H and O–H groups in total. The third-order valence-electron chi connectivity index (χ3n) is 6.09. The first kappa shape index (κ1) is 21.7. The molecule has 2 aliphatic rings. The van der Waals surface area contributed by atoms with Crippen molar-refractivity contribution in [3.05, 3.63) is 54.1 Å². The van der Waals surface area contributed by atoms with Gasteiger partial charge in [-0.15, -0.1) is 0 Å². The lowest BCUT2D eigenvalue weighted by Crippen LogP contribution is -2.45. The maximum absolute atomic E-state index is 13.1. The van der Waals surface area contributed by atoms with Crippen LogP contribution in [0.15, 0.2) is 48.5 Å². The zero-order valence-corrected chi connectivity index (χ0v) is 18.0. The summed E-state index contributed by atoms with van der Waals surface area (Å²) in [5.41, 5.74) is 8.03. The molecule has 0 spiro atoms. The van der Waals surface area contributed by atoms with Crippen LogP contribution < -0.4 is 21.3 Å². The minimum Gasteiger partial charge on any atom is -0.370 e. The van der Waals surface area contributed by atoms with E-state index < -0.39 is 5.91 Å². The highest BCUT2D eigenvalue weighted by atomic mass is 16.2. The number of nitrogens with two attached hydrogens (primary N) is 1. The minimum absolute atomic E-state index is 0.149. The Balaban J connectivity index is 1.45. The van der Waals surface area contributed by atoms with Crippen LogP contribution in [0.4, 0.5) is 21.9 Å². The van der Waals surface area contributed by atoms with Gasteiger partial charge in [0.25, 0.3) is 0 Å². The van der Waals surface area contributed by atoms with E-state index in [9.17, 15) is 14.4 Å². The van der Waals surface area contributed by atoms with Crippen LogP contribution in [0.1, 0.15) is 36.0 Å². The molecular formula is C24H29N5O3. The molecule has 1 atom stereocenters. The topological polar surface area (TPSA) is 108 Å². The molecule has 4 rings (SSSR count). The third kappa shape index (κ3) is 5.01. The molecule has 0 bridgehead atoms. The van der Waals surface area contributed by atoms with Gasteiger partial charge >= 0.3 is 6.03 Å². The van der Waals surface area contributed by atoms with Gasteiger partial charge in [0.2, 0.25) is 11.8 Å². The van der Waals surface area contributed by atoms with Crippen LogP contribution >= 0.6 is 0 Å². The molecule has 32 heavy (non-hydrogen) atoms. The lowest BCUT2D eigenvalue weighted by molar-refractivity contribution is -0.121. The van der Waals surface area contributed by atoms with E-state index in [0.29, 0.717) is 30.8 Å². The van der Waals surface area contributed by atoms with Gasteiger partial charge in [-0.3, -0.25) is 9.59 Å². The lowest BCUT2D eigenvalue weighted by Gasteiger charge is -2.32. The Morgan fingerprint density at radius 2 is 1.66 bits per heavy atom. The maximum atomic E-state index is 13.1. The van der Waals surface area contributed by atoms with Crippen molar-refractivity contribution in [3.63, 3.8) is 0 Å². The number of hydrogen-bond acceptors (Lipinski definition) is 4. The number of para-hydroxylation sites is 1. The molecule has 168 valence electrons. The van der Waals surface area contributed by atoms with Gasteiger partial charge in [0.1, 0.15) is 0 Å². The number of piperidine rings is 1. The molecule has 2 saturated heterocycles. The fraction of sp³-hybridized carbons (Fsp3) is 0.375. The highest BCUT2D eigenvalue weighted by Gasteiger charge is 2.29. The first-order chi connectivity index (χ1) is 15.5. The monoisotopic (exact) mass is 435 g/mol. The molecule has 0 saturated carbocycles. The fourth-order valence-corrected chi connectivity index (χ4v) is 4.36. The summed E-state index contributed by atoms with van der Waals surface area (Å²) in [6, 6.07) is 14.3. The Bertz CT molecular complexity index is 988. The Kier molecular flexibility index (Phi) is 6.58. The number of rotatable bonds is 5. The van der Waals surface area contributed by atoms with E-state index in [1.807, 2.05) is 36.4 Å². The molecule has 1 unspecified atom stereocenters. The van der Waals surface area contributed by atoms with Gasteiger partial charge in [-0.1, -0.05) is 18.2 Å². The van der Waals surface area contributed by atoms with Crippen LogP contribution in [-0.2, 0) is 4.79 Å². The Labute approximate surface area is 187 Å². The zero-order chi connectivity index (χ0) is 22.5. The van der Waals surface area contributed by atoms with E-state index in [1.54, 1.807) is 17.0 Å². The molecule has 2 aromatic rings. The van der Waals surface area contributed by atoms with Gasteiger partial charge in [0.05, 0.1) is 17.3 Å². The Hall–Kier alpha value is -3.55. The van der Waals surface area contributed by atoms with Crippen LogP contribution in [0.2, 0.25) is 0 Å². The van der Waals surface area contributed by atoms with Gasteiger partial charge in [-0.2, -0.15) is 0 Å². The summed E-state index contributed by atoms with van der Waals surface area (Å²) in [5.74, 6) is -1.01. The molecule has 0 radical (unpaired) electrons. The van der Waals surface area contributed by atoms with Crippen molar-refractivity contribution < 1.29 is 14.4 Å². The molecule has 8 heteroatoms. The average Bonchev–Trinajstić information content (AvgIpc) is 3.34. The molecule has 2 heterocycles. The Morgan fingerprint density at radius 1 is 0.906 bits per heavy atom. The van der Waals surface area contributed by atoms with E-state index in [1.165, 1.54) is 0 Å². The molecule has 2 fully saturated rings. The van der Waals surface area contributed by atoms with Crippen LogP contribution in [0, 0.1) is 5.92 Å². The van der Waals surface area contributed by atoms with E-state index in [2.05, 4.69) is 15.5 Å². The second-order valence-electron chi connectivity index (χ2n) is 8.36. The van der Waals surface area contributed by atoms with E-state index >= 15 is 0 Å². The smallest absolute Gasteiger partial charge is 0.321 e. The second-order valence-corrected chi connectivity index (χ2v) is 8.36. The number of hydrogen-bond donors (Lipinski definition) is 3. The van der Waals surface area contributed by atoms with Crippen LogP contribution in [0.5, 0.6) is 0 Å². The van der Waals surface area contributed by atoms with Gasteiger partial charge in [-0.25, -0.2) is 4.79 Å². The highest BCUT2D eigenvalue weighted by Crippen LogP contribution is 2.31. The second kappa shape index (κ2) is 9.72. The number of carbonyl (C=O) groups is 3. The van der Waals surface area contributed by atoms with Gasteiger partial charge in [0, 0.05) is 37.4 Å².